The van der Waals surface area contributed by atoms with Crippen molar-refractivity contribution in [3.63, 3.8) is 0 Å². The molecule has 0 radical (unpaired) electrons. The maximum atomic E-state index is 12.8. The van der Waals surface area contributed by atoms with Crippen molar-refractivity contribution in [3.8, 4) is 0 Å². The van der Waals surface area contributed by atoms with Gasteiger partial charge in [0.15, 0.2) is 6.10 Å². The van der Waals surface area contributed by atoms with Gasteiger partial charge < -0.3 is 9.64 Å². The Kier molecular flexibility index (Phi) is 7.27. The number of fused-ring (bicyclic) bond motifs is 1. The van der Waals surface area contributed by atoms with Crippen molar-refractivity contribution in [1.29, 1.82) is 0 Å². The van der Waals surface area contributed by atoms with Crippen LogP contribution in [-0.4, -0.2) is 71.3 Å². The Labute approximate surface area is 202 Å². The van der Waals surface area contributed by atoms with Gasteiger partial charge in [-0.1, -0.05) is 30.3 Å². The number of sulfonamides is 1. The first-order valence-corrected chi connectivity index (χ1v) is 12.7. The number of rotatable bonds is 7. The number of nitrogens with zero attached hydrogens (tertiary/aromatic N) is 4. The van der Waals surface area contributed by atoms with Crippen molar-refractivity contribution in [3.05, 3.63) is 71.3 Å². The molecule has 1 unspecified atom stereocenters. The maximum Gasteiger partial charge on any atom is 0.308 e. The van der Waals surface area contributed by atoms with Gasteiger partial charge in [0, 0.05) is 32.7 Å². The summed E-state index contributed by atoms with van der Waals surface area (Å²) in [7, 11) is -3.62. The molecule has 11 heteroatoms. The summed E-state index contributed by atoms with van der Waals surface area (Å²) in [5.41, 5.74) is 0.322. The third kappa shape index (κ3) is 5.41. The molecule has 2 aromatic carbocycles. The second-order valence-electron chi connectivity index (χ2n) is 8.18. The predicted octanol–water partition coefficient (Wildman–Crippen LogP) is 1.25. The third-order valence-electron chi connectivity index (χ3n) is 5.88. The number of aryl methyl sites for hydroxylation is 1. The molecule has 1 aromatic heterocycles. The second kappa shape index (κ2) is 10.4. The number of carbonyl (C=O) groups excluding carboxylic acids is 2. The molecular formula is C24H26N4O6S. The smallest absolute Gasteiger partial charge is 0.308 e. The topological polar surface area (TPSA) is 119 Å². The van der Waals surface area contributed by atoms with Crippen LogP contribution in [0.25, 0.3) is 10.9 Å². The minimum absolute atomic E-state index is 0.0758. The summed E-state index contributed by atoms with van der Waals surface area (Å²) < 4.78 is 33.5. The van der Waals surface area contributed by atoms with Gasteiger partial charge in [0.1, 0.15) is 0 Å². The lowest BCUT2D eigenvalue weighted by Gasteiger charge is -2.35. The Hall–Kier alpha value is -3.57. The Morgan fingerprint density at radius 2 is 1.66 bits per heavy atom. The minimum atomic E-state index is -3.62. The molecule has 1 aliphatic heterocycles. The highest BCUT2D eigenvalue weighted by atomic mass is 32.2. The lowest BCUT2D eigenvalue weighted by Crippen LogP contribution is -2.52. The van der Waals surface area contributed by atoms with Crippen LogP contribution in [0.2, 0.25) is 0 Å². The number of amides is 1. The molecule has 1 saturated heterocycles. The second-order valence-corrected chi connectivity index (χ2v) is 10.1. The Morgan fingerprint density at radius 1 is 1.00 bits per heavy atom. The van der Waals surface area contributed by atoms with Crippen LogP contribution in [0.5, 0.6) is 0 Å². The van der Waals surface area contributed by atoms with Crippen molar-refractivity contribution in [1.82, 2.24) is 18.8 Å². The normalized spacial score (nSPS) is 15.6. The molecule has 35 heavy (non-hydrogen) atoms. The van der Waals surface area contributed by atoms with Crippen LogP contribution in [-0.2, 0) is 30.9 Å². The number of aromatic nitrogens is 2. The van der Waals surface area contributed by atoms with Crippen LogP contribution in [0.4, 0.5) is 0 Å². The molecule has 2 heterocycles. The van der Waals surface area contributed by atoms with Gasteiger partial charge >= 0.3 is 5.97 Å². The van der Waals surface area contributed by atoms with Crippen LogP contribution in [0, 0.1) is 0 Å². The van der Waals surface area contributed by atoms with Gasteiger partial charge in [0.25, 0.3) is 11.5 Å². The molecule has 1 atom stereocenters. The summed E-state index contributed by atoms with van der Waals surface area (Å²) in [6, 6.07) is 15.1. The molecule has 0 saturated carbocycles. The van der Waals surface area contributed by atoms with Crippen LogP contribution < -0.4 is 5.56 Å². The number of hydrogen-bond acceptors (Lipinski definition) is 7. The first-order valence-electron chi connectivity index (χ1n) is 11.2. The van der Waals surface area contributed by atoms with Gasteiger partial charge in [0.2, 0.25) is 10.0 Å². The van der Waals surface area contributed by atoms with Gasteiger partial charge in [0.05, 0.1) is 28.5 Å². The minimum Gasteiger partial charge on any atom is -0.452 e. The predicted molar refractivity (Wildman–Crippen MR) is 128 cm³/mol. The van der Waals surface area contributed by atoms with E-state index in [-0.39, 0.29) is 55.5 Å². The van der Waals surface area contributed by atoms with E-state index in [9.17, 15) is 22.8 Å². The zero-order valence-corrected chi connectivity index (χ0v) is 20.1. The first kappa shape index (κ1) is 24.6. The van der Waals surface area contributed by atoms with E-state index in [4.69, 9.17) is 4.74 Å². The first-order chi connectivity index (χ1) is 16.8. The molecule has 10 nitrogen and oxygen atoms in total. The molecule has 0 aliphatic carbocycles. The average molecular weight is 499 g/mol. The number of carbonyl (C=O) groups is 2. The summed E-state index contributed by atoms with van der Waals surface area (Å²) in [6.07, 6.45) is 0.266. The molecular weight excluding hydrogens is 472 g/mol. The highest BCUT2D eigenvalue weighted by Crippen LogP contribution is 2.18. The van der Waals surface area contributed by atoms with Crippen molar-refractivity contribution < 1.29 is 22.7 Å². The van der Waals surface area contributed by atoms with E-state index in [0.717, 1.165) is 0 Å². The fourth-order valence-corrected chi connectivity index (χ4v) is 5.37. The van der Waals surface area contributed by atoms with Gasteiger partial charge in [-0.2, -0.15) is 4.31 Å². The summed E-state index contributed by atoms with van der Waals surface area (Å²) in [5, 5.41) is 0.459. The van der Waals surface area contributed by atoms with Gasteiger partial charge in [-0.25, -0.2) is 13.4 Å². The largest absolute Gasteiger partial charge is 0.452 e. The Bertz CT molecular complexity index is 1380. The Balaban J connectivity index is 1.28. The van der Waals surface area contributed by atoms with E-state index in [1.54, 1.807) is 42.5 Å². The summed E-state index contributed by atoms with van der Waals surface area (Å²) in [6.45, 7) is 2.27. The van der Waals surface area contributed by atoms with Gasteiger partial charge in [-0.05, 0) is 31.2 Å². The highest BCUT2D eigenvalue weighted by Gasteiger charge is 2.32. The van der Waals surface area contributed by atoms with Crippen molar-refractivity contribution in [2.45, 2.75) is 30.9 Å². The van der Waals surface area contributed by atoms with Gasteiger partial charge in [-0.3, -0.25) is 19.0 Å². The molecule has 0 bridgehead atoms. The maximum absolute atomic E-state index is 12.8. The molecule has 3 aromatic rings. The summed E-state index contributed by atoms with van der Waals surface area (Å²) in [5.74, 6) is -1.00. The molecule has 0 N–H and O–H groups in total. The molecule has 4 rings (SSSR count). The van der Waals surface area contributed by atoms with E-state index < -0.39 is 22.1 Å². The van der Waals surface area contributed by atoms with Crippen LogP contribution in [0.15, 0.2) is 70.6 Å². The number of para-hydroxylation sites is 1. The molecule has 0 spiro atoms. The lowest BCUT2D eigenvalue weighted by atomic mass is 10.2. The molecule has 1 amide bonds. The summed E-state index contributed by atoms with van der Waals surface area (Å²) in [4.78, 5) is 43.5. The van der Waals surface area contributed by atoms with E-state index in [1.807, 2.05) is 0 Å². The van der Waals surface area contributed by atoms with Crippen LogP contribution >= 0.6 is 0 Å². The molecule has 184 valence electrons. The van der Waals surface area contributed by atoms with Crippen molar-refractivity contribution in [2.24, 2.45) is 0 Å². The number of piperazine rings is 1. The molecule has 1 fully saturated rings. The summed E-state index contributed by atoms with van der Waals surface area (Å²) >= 11 is 0. The average Bonchev–Trinajstić information content (AvgIpc) is 2.88. The Morgan fingerprint density at radius 3 is 2.37 bits per heavy atom. The number of hydrogen-bond donors (Lipinski definition) is 0. The third-order valence-corrected chi connectivity index (χ3v) is 7.79. The van der Waals surface area contributed by atoms with E-state index in [2.05, 4.69) is 4.98 Å². The number of ether oxygens (including phenoxy) is 1. The monoisotopic (exact) mass is 498 g/mol. The van der Waals surface area contributed by atoms with Crippen molar-refractivity contribution in [2.75, 3.05) is 26.2 Å². The van der Waals surface area contributed by atoms with Crippen LogP contribution in [0.3, 0.4) is 0 Å². The number of esters is 1. The highest BCUT2D eigenvalue weighted by molar-refractivity contribution is 7.89. The van der Waals surface area contributed by atoms with Crippen LogP contribution in [0.1, 0.15) is 13.3 Å². The fraction of sp³-hybridized carbons (Fsp3) is 0.333. The van der Waals surface area contributed by atoms with E-state index in [0.29, 0.717) is 10.9 Å². The van der Waals surface area contributed by atoms with Gasteiger partial charge in [-0.15, -0.1) is 0 Å². The zero-order valence-electron chi connectivity index (χ0n) is 19.2. The number of benzene rings is 2. The molecule has 1 aliphatic rings. The standard InChI is InChI=1S/C24H26N4O6S/c1-18(34-22(29)11-12-27-17-25-21-10-6-5-9-20(21)24(27)31)23(30)26-13-15-28(16-14-26)35(32,33)19-7-3-2-4-8-19/h2-10,17-18H,11-16H2,1H3. The zero-order chi connectivity index (χ0) is 25.0. The fourth-order valence-electron chi connectivity index (χ4n) is 3.93. The van der Waals surface area contributed by atoms with Crippen molar-refractivity contribution >= 4 is 32.8 Å². The quantitative estimate of drug-likeness (QED) is 0.450. The SMILES string of the molecule is CC(OC(=O)CCn1cnc2ccccc2c1=O)C(=O)N1CCN(S(=O)(=O)c2ccccc2)CC1. The van der Waals surface area contributed by atoms with E-state index >= 15 is 0 Å². The lowest BCUT2D eigenvalue weighted by molar-refractivity contribution is -0.159. The van der Waals surface area contributed by atoms with E-state index in [1.165, 1.54) is 39.2 Å².